The largest absolute Gasteiger partial charge is 0.312 e. The number of rotatable bonds is 4. The van der Waals surface area contributed by atoms with Crippen molar-refractivity contribution in [3.8, 4) is 0 Å². The van der Waals surface area contributed by atoms with Gasteiger partial charge in [0.1, 0.15) is 0 Å². The number of benzene rings is 2. The Morgan fingerprint density at radius 2 is 1.84 bits per heavy atom. The molecule has 1 aliphatic rings. The lowest BCUT2D eigenvalue weighted by Gasteiger charge is -2.24. The zero-order chi connectivity index (χ0) is 18.0. The molecule has 2 aromatic carbocycles. The molecule has 2 aromatic rings. The summed E-state index contributed by atoms with van der Waals surface area (Å²) in [6.07, 6.45) is 1.51. The highest BCUT2D eigenvalue weighted by Gasteiger charge is 2.22. The fourth-order valence-corrected chi connectivity index (χ4v) is 3.29. The van der Waals surface area contributed by atoms with Gasteiger partial charge in [0, 0.05) is 36.4 Å². The number of hydrogen-bond acceptors (Lipinski definition) is 2. The van der Waals surface area contributed by atoms with E-state index in [9.17, 15) is 9.59 Å². The summed E-state index contributed by atoms with van der Waals surface area (Å²) in [6.45, 7) is 7.40. The molecule has 3 rings (SSSR count). The Bertz CT molecular complexity index is 796. The minimum atomic E-state index is -0.0181. The Hall–Kier alpha value is -2.62. The van der Waals surface area contributed by atoms with Crippen LogP contribution >= 0.6 is 0 Å². The Morgan fingerprint density at radius 3 is 2.44 bits per heavy atom. The third kappa shape index (κ3) is 3.43. The van der Waals surface area contributed by atoms with Crippen LogP contribution in [0.1, 0.15) is 41.3 Å². The first-order chi connectivity index (χ1) is 12.0. The summed E-state index contributed by atoms with van der Waals surface area (Å²) in [5.41, 5.74) is 4.67. The molecule has 0 atom stereocenters. The van der Waals surface area contributed by atoms with Gasteiger partial charge in [0.05, 0.1) is 0 Å². The van der Waals surface area contributed by atoms with Gasteiger partial charge in [-0.15, -0.1) is 0 Å². The highest BCUT2D eigenvalue weighted by Crippen LogP contribution is 2.25. The smallest absolute Gasteiger partial charge is 0.258 e. The SMILES string of the molecule is CCN(C(=O)c1ccc(N2CCCC2=O)cc1)c1cc(C)ccc1C. The number of hydrogen-bond donors (Lipinski definition) is 0. The molecule has 0 saturated carbocycles. The molecule has 0 aliphatic carbocycles. The van der Waals surface area contributed by atoms with Gasteiger partial charge in [0.25, 0.3) is 5.91 Å². The number of aryl methyl sites for hydroxylation is 2. The molecule has 4 heteroatoms. The third-order valence-corrected chi connectivity index (χ3v) is 4.72. The van der Waals surface area contributed by atoms with Crippen LogP contribution in [0, 0.1) is 13.8 Å². The highest BCUT2D eigenvalue weighted by atomic mass is 16.2. The summed E-state index contributed by atoms with van der Waals surface area (Å²) >= 11 is 0. The number of nitrogens with zero attached hydrogens (tertiary/aromatic N) is 2. The third-order valence-electron chi connectivity index (χ3n) is 4.72. The van der Waals surface area contributed by atoms with Crippen molar-refractivity contribution in [1.29, 1.82) is 0 Å². The molecule has 130 valence electrons. The predicted octanol–water partition coefficient (Wildman–Crippen LogP) is 4.10. The molecule has 0 spiro atoms. The number of amides is 2. The van der Waals surface area contributed by atoms with E-state index >= 15 is 0 Å². The van der Waals surface area contributed by atoms with Crippen LogP contribution in [-0.4, -0.2) is 24.9 Å². The molecule has 4 nitrogen and oxygen atoms in total. The maximum absolute atomic E-state index is 13.0. The van der Waals surface area contributed by atoms with Crippen molar-refractivity contribution in [2.75, 3.05) is 22.9 Å². The summed E-state index contributed by atoms with van der Waals surface area (Å²) < 4.78 is 0. The second kappa shape index (κ2) is 7.09. The van der Waals surface area contributed by atoms with E-state index < -0.39 is 0 Å². The molecule has 25 heavy (non-hydrogen) atoms. The highest BCUT2D eigenvalue weighted by molar-refractivity contribution is 6.07. The standard InChI is InChI=1S/C21H24N2O2/c1-4-22(19-14-15(2)7-8-16(19)3)21(25)17-9-11-18(12-10-17)23-13-5-6-20(23)24/h7-12,14H,4-6,13H2,1-3H3. The molecule has 0 unspecified atom stereocenters. The normalized spacial score (nSPS) is 14.0. The minimum absolute atomic E-state index is 0.0181. The van der Waals surface area contributed by atoms with Crippen LogP contribution < -0.4 is 9.80 Å². The maximum atomic E-state index is 13.0. The fraction of sp³-hybridized carbons (Fsp3) is 0.333. The van der Waals surface area contributed by atoms with Gasteiger partial charge in [-0.05, 0) is 68.7 Å². The number of anilines is 2. The number of carbonyl (C=O) groups is 2. The lowest BCUT2D eigenvalue weighted by Crippen LogP contribution is -2.31. The summed E-state index contributed by atoms with van der Waals surface area (Å²) in [6, 6.07) is 13.5. The van der Waals surface area contributed by atoms with Crippen molar-refractivity contribution in [3.63, 3.8) is 0 Å². The minimum Gasteiger partial charge on any atom is -0.312 e. The van der Waals surface area contributed by atoms with E-state index in [-0.39, 0.29) is 11.8 Å². The van der Waals surface area contributed by atoms with E-state index in [4.69, 9.17) is 0 Å². The van der Waals surface area contributed by atoms with Crippen LogP contribution in [0.2, 0.25) is 0 Å². The van der Waals surface area contributed by atoms with Gasteiger partial charge < -0.3 is 9.80 Å². The van der Waals surface area contributed by atoms with Crippen LogP contribution in [0.4, 0.5) is 11.4 Å². The Balaban J connectivity index is 1.86. The number of carbonyl (C=O) groups excluding carboxylic acids is 2. The van der Waals surface area contributed by atoms with Gasteiger partial charge in [0.15, 0.2) is 0 Å². The maximum Gasteiger partial charge on any atom is 0.258 e. The predicted molar refractivity (Wildman–Crippen MR) is 101 cm³/mol. The average Bonchev–Trinajstić information content (AvgIpc) is 3.04. The monoisotopic (exact) mass is 336 g/mol. The molecule has 1 aliphatic heterocycles. The van der Waals surface area contributed by atoms with Gasteiger partial charge >= 0.3 is 0 Å². The van der Waals surface area contributed by atoms with Crippen LogP contribution in [-0.2, 0) is 4.79 Å². The van der Waals surface area contributed by atoms with Crippen LogP contribution in [0.3, 0.4) is 0 Å². The quantitative estimate of drug-likeness (QED) is 0.843. The first-order valence-electron chi connectivity index (χ1n) is 8.81. The van der Waals surface area contributed by atoms with Gasteiger partial charge in [-0.3, -0.25) is 9.59 Å². The molecule has 0 radical (unpaired) electrons. The van der Waals surface area contributed by atoms with Gasteiger partial charge in [-0.25, -0.2) is 0 Å². The van der Waals surface area contributed by atoms with Gasteiger partial charge in [-0.2, -0.15) is 0 Å². The van der Waals surface area contributed by atoms with E-state index in [0.717, 1.165) is 35.5 Å². The van der Waals surface area contributed by atoms with Crippen molar-refractivity contribution in [2.24, 2.45) is 0 Å². The fourth-order valence-electron chi connectivity index (χ4n) is 3.29. The molecule has 2 amide bonds. The van der Waals surface area contributed by atoms with Crippen molar-refractivity contribution in [2.45, 2.75) is 33.6 Å². The van der Waals surface area contributed by atoms with Crippen molar-refractivity contribution in [3.05, 3.63) is 59.2 Å². The Labute approximate surface area is 149 Å². The summed E-state index contributed by atoms with van der Waals surface area (Å²) in [7, 11) is 0. The molecular formula is C21H24N2O2. The zero-order valence-electron chi connectivity index (χ0n) is 15.1. The van der Waals surface area contributed by atoms with E-state index in [1.54, 1.807) is 9.80 Å². The van der Waals surface area contributed by atoms with Crippen molar-refractivity contribution in [1.82, 2.24) is 0 Å². The van der Waals surface area contributed by atoms with Crippen LogP contribution in [0.5, 0.6) is 0 Å². The first kappa shape index (κ1) is 17.2. The van der Waals surface area contributed by atoms with Gasteiger partial charge in [0.2, 0.25) is 5.91 Å². The van der Waals surface area contributed by atoms with Crippen molar-refractivity contribution >= 4 is 23.2 Å². The average molecular weight is 336 g/mol. The molecule has 1 heterocycles. The molecule has 1 fully saturated rings. The second-order valence-corrected chi connectivity index (χ2v) is 6.54. The summed E-state index contributed by atoms with van der Waals surface area (Å²) in [5.74, 6) is 0.139. The lowest BCUT2D eigenvalue weighted by atomic mass is 10.1. The molecule has 0 N–H and O–H groups in total. The van der Waals surface area contributed by atoms with E-state index in [1.807, 2.05) is 57.2 Å². The molecule has 0 bridgehead atoms. The lowest BCUT2D eigenvalue weighted by molar-refractivity contribution is -0.117. The van der Waals surface area contributed by atoms with E-state index in [2.05, 4.69) is 6.07 Å². The van der Waals surface area contributed by atoms with E-state index in [0.29, 0.717) is 18.5 Å². The van der Waals surface area contributed by atoms with E-state index in [1.165, 1.54) is 0 Å². The molecule has 1 saturated heterocycles. The first-order valence-corrected chi connectivity index (χ1v) is 8.81. The zero-order valence-corrected chi connectivity index (χ0v) is 15.1. The topological polar surface area (TPSA) is 40.6 Å². The summed E-state index contributed by atoms with van der Waals surface area (Å²) in [4.78, 5) is 28.4. The van der Waals surface area contributed by atoms with Gasteiger partial charge in [-0.1, -0.05) is 12.1 Å². The Kier molecular flexibility index (Phi) is 4.88. The van der Waals surface area contributed by atoms with Crippen LogP contribution in [0.25, 0.3) is 0 Å². The Morgan fingerprint density at radius 1 is 1.12 bits per heavy atom. The molecule has 0 aromatic heterocycles. The van der Waals surface area contributed by atoms with Crippen molar-refractivity contribution < 1.29 is 9.59 Å². The molecular weight excluding hydrogens is 312 g/mol. The summed E-state index contributed by atoms with van der Waals surface area (Å²) in [5, 5.41) is 0. The van der Waals surface area contributed by atoms with Crippen LogP contribution in [0.15, 0.2) is 42.5 Å². The second-order valence-electron chi connectivity index (χ2n) is 6.54.